The molecule has 2 atom stereocenters. The highest BCUT2D eigenvalue weighted by atomic mass is 32.1. The molecular weight excluding hydrogens is 312 g/mol. The monoisotopic (exact) mass is 330 g/mol. The number of likely N-dealkylation sites (N-methyl/N-ethyl adjacent to an activating group) is 1. The van der Waals surface area contributed by atoms with E-state index >= 15 is 0 Å². The minimum absolute atomic E-state index is 0.0725. The fourth-order valence-electron chi connectivity index (χ4n) is 2.67. The Kier molecular flexibility index (Phi) is 4.73. The van der Waals surface area contributed by atoms with Crippen LogP contribution in [-0.4, -0.2) is 36.5 Å². The molecule has 0 aliphatic carbocycles. The first-order chi connectivity index (χ1) is 11.2. The van der Waals surface area contributed by atoms with Crippen LogP contribution in [0, 0.1) is 0 Å². The minimum atomic E-state index is -0.708. The van der Waals surface area contributed by atoms with Crippen LogP contribution in [0.4, 0.5) is 0 Å². The first kappa shape index (κ1) is 15.7. The molecule has 2 aromatic rings. The zero-order valence-corrected chi connectivity index (χ0v) is 13.6. The van der Waals surface area contributed by atoms with Crippen molar-refractivity contribution in [1.29, 1.82) is 0 Å². The van der Waals surface area contributed by atoms with Crippen molar-refractivity contribution in [3.63, 3.8) is 0 Å². The Morgan fingerprint density at radius 1 is 1.30 bits per heavy atom. The fraction of sp³-hybridized carbons (Fsp3) is 0.294. The number of rotatable bonds is 4. The number of carbonyl (C=O) groups is 2. The van der Waals surface area contributed by atoms with Crippen LogP contribution >= 0.6 is 11.3 Å². The Labute approximate surface area is 138 Å². The van der Waals surface area contributed by atoms with Gasteiger partial charge in [0.05, 0.1) is 12.6 Å². The molecule has 2 heterocycles. The Morgan fingerprint density at radius 2 is 2.09 bits per heavy atom. The minimum Gasteiger partial charge on any atom is -0.356 e. The fourth-order valence-corrected chi connectivity index (χ4v) is 3.31. The summed E-state index contributed by atoms with van der Waals surface area (Å²) in [5.74, 6) is -0.326. The van der Waals surface area contributed by atoms with Crippen LogP contribution in [0.15, 0.2) is 47.8 Å². The van der Waals surface area contributed by atoms with Crippen LogP contribution in [0.1, 0.15) is 16.5 Å². The predicted octanol–water partition coefficient (Wildman–Crippen LogP) is 1.96. The van der Waals surface area contributed by atoms with E-state index in [9.17, 15) is 9.59 Å². The Hall–Kier alpha value is -2.18. The van der Waals surface area contributed by atoms with Crippen LogP contribution < -0.4 is 5.32 Å². The highest BCUT2D eigenvalue weighted by Gasteiger charge is 2.39. The second kappa shape index (κ2) is 6.93. The largest absolute Gasteiger partial charge is 0.356 e. The number of carbonyl (C=O) groups excluding carboxylic acids is 2. The topological polar surface area (TPSA) is 58.6 Å². The molecule has 1 fully saturated rings. The SMILES string of the molecule is CN1C(=O)CO[C@H](C(=O)NCc2cccs2)[C@H]1c1ccccc1. The molecule has 120 valence electrons. The van der Waals surface area contributed by atoms with Gasteiger partial charge < -0.3 is 15.0 Å². The number of ether oxygens (including phenoxy) is 1. The van der Waals surface area contributed by atoms with Crippen LogP contribution in [-0.2, 0) is 20.9 Å². The van der Waals surface area contributed by atoms with Gasteiger partial charge in [0.25, 0.3) is 5.91 Å². The summed E-state index contributed by atoms with van der Waals surface area (Å²) in [7, 11) is 1.71. The molecule has 0 spiro atoms. The summed E-state index contributed by atoms with van der Waals surface area (Å²) in [6.07, 6.45) is -0.708. The number of benzene rings is 1. The zero-order valence-electron chi connectivity index (χ0n) is 12.8. The number of thiophene rings is 1. The Balaban J connectivity index is 1.77. The highest BCUT2D eigenvalue weighted by molar-refractivity contribution is 7.09. The van der Waals surface area contributed by atoms with Crippen molar-refractivity contribution in [2.24, 2.45) is 0 Å². The molecule has 23 heavy (non-hydrogen) atoms. The van der Waals surface area contributed by atoms with Gasteiger partial charge in [0.2, 0.25) is 5.91 Å². The van der Waals surface area contributed by atoms with Crippen LogP contribution in [0.5, 0.6) is 0 Å². The van der Waals surface area contributed by atoms with E-state index in [0.29, 0.717) is 6.54 Å². The lowest BCUT2D eigenvalue weighted by atomic mass is 9.97. The van der Waals surface area contributed by atoms with Gasteiger partial charge in [-0.1, -0.05) is 36.4 Å². The maximum absolute atomic E-state index is 12.6. The maximum Gasteiger partial charge on any atom is 0.251 e. The number of hydrogen-bond acceptors (Lipinski definition) is 4. The molecule has 0 bridgehead atoms. The van der Waals surface area contributed by atoms with Crippen molar-refractivity contribution >= 4 is 23.2 Å². The van der Waals surface area contributed by atoms with Crippen molar-refractivity contribution in [2.75, 3.05) is 13.7 Å². The zero-order chi connectivity index (χ0) is 16.2. The van der Waals surface area contributed by atoms with Crippen LogP contribution in [0.3, 0.4) is 0 Å². The molecule has 3 rings (SSSR count). The van der Waals surface area contributed by atoms with Crippen molar-refractivity contribution in [2.45, 2.75) is 18.7 Å². The number of nitrogens with zero attached hydrogens (tertiary/aromatic N) is 1. The van der Waals surface area contributed by atoms with Crippen LogP contribution in [0.2, 0.25) is 0 Å². The van der Waals surface area contributed by atoms with Gasteiger partial charge in [0.15, 0.2) is 6.10 Å². The van der Waals surface area contributed by atoms with Crippen molar-refractivity contribution in [3.05, 3.63) is 58.3 Å². The number of amides is 2. The molecule has 5 nitrogen and oxygen atoms in total. The maximum atomic E-state index is 12.6. The van der Waals surface area contributed by atoms with E-state index in [0.717, 1.165) is 10.4 Å². The van der Waals surface area contributed by atoms with Gasteiger partial charge in [0.1, 0.15) is 6.61 Å². The van der Waals surface area contributed by atoms with E-state index in [1.54, 1.807) is 23.3 Å². The Morgan fingerprint density at radius 3 is 2.78 bits per heavy atom. The molecule has 1 aromatic heterocycles. The summed E-state index contributed by atoms with van der Waals surface area (Å²) in [5.41, 5.74) is 0.888. The molecule has 2 amide bonds. The molecule has 0 unspecified atom stereocenters. The lowest BCUT2D eigenvalue weighted by Gasteiger charge is -2.38. The van der Waals surface area contributed by atoms with Gasteiger partial charge in [0, 0.05) is 11.9 Å². The van der Waals surface area contributed by atoms with E-state index in [1.165, 1.54) is 0 Å². The third kappa shape index (κ3) is 3.43. The molecule has 1 aliphatic rings. The summed E-state index contributed by atoms with van der Waals surface area (Å²) < 4.78 is 5.56. The third-order valence-electron chi connectivity index (χ3n) is 3.90. The highest BCUT2D eigenvalue weighted by Crippen LogP contribution is 2.29. The van der Waals surface area contributed by atoms with Crippen LogP contribution in [0.25, 0.3) is 0 Å². The van der Waals surface area contributed by atoms with E-state index < -0.39 is 12.1 Å². The molecule has 1 saturated heterocycles. The Bertz CT molecular complexity index is 672. The molecule has 6 heteroatoms. The quantitative estimate of drug-likeness (QED) is 0.932. The van der Waals surface area contributed by atoms with Gasteiger partial charge in [-0.15, -0.1) is 11.3 Å². The van der Waals surface area contributed by atoms with E-state index in [-0.39, 0.29) is 18.4 Å². The molecule has 1 aliphatic heterocycles. The van der Waals surface area contributed by atoms with Crippen molar-refractivity contribution < 1.29 is 14.3 Å². The lowest BCUT2D eigenvalue weighted by molar-refractivity contribution is -0.162. The smallest absolute Gasteiger partial charge is 0.251 e. The second-order valence-corrected chi connectivity index (χ2v) is 6.42. The first-order valence-electron chi connectivity index (χ1n) is 7.39. The summed E-state index contributed by atoms with van der Waals surface area (Å²) in [6.45, 7) is 0.395. The molecule has 0 saturated carbocycles. The molecular formula is C17H18N2O3S. The standard InChI is InChI=1S/C17H18N2O3S/c1-19-14(20)11-22-16(15(19)12-6-3-2-4-7-12)17(21)18-10-13-8-5-9-23-13/h2-9,15-16H,10-11H2,1H3,(H,18,21)/t15-,16+/m1/s1. The summed E-state index contributed by atoms with van der Waals surface area (Å²) in [4.78, 5) is 27.2. The van der Waals surface area contributed by atoms with Gasteiger partial charge in [-0.2, -0.15) is 0 Å². The normalized spacial score (nSPS) is 21.3. The van der Waals surface area contributed by atoms with E-state index in [4.69, 9.17) is 4.74 Å². The summed E-state index contributed by atoms with van der Waals surface area (Å²) in [5, 5.41) is 4.87. The molecule has 0 radical (unpaired) electrons. The van der Waals surface area contributed by atoms with Gasteiger partial charge in [-0.25, -0.2) is 0 Å². The summed E-state index contributed by atoms with van der Waals surface area (Å²) >= 11 is 1.59. The van der Waals surface area contributed by atoms with Gasteiger partial charge in [-0.3, -0.25) is 9.59 Å². The average molecular weight is 330 g/mol. The van der Waals surface area contributed by atoms with Crippen molar-refractivity contribution in [1.82, 2.24) is 10.2 Å². The van der Waals surface area contributed by atoms with E-state index in [2.05, 4.69) is 5.32 Å². The summed E-state index contributed by atoms with van der Waals surface area (Å²) in [6, 6.07) is 13.0. The van der Waals surface area contributed by atoms with Gasteiger partial charge >= 0.3 is 0 Å². The molecule has 1 aromatic carbocycles. The second-order valence-electron chi connectivity index (χ2n) is 5.39. The lowest BCUT2D eigenvalue weighted by Crippen LogP contribution is -2.52. The number of nitrogens with one attached hydrogen (secondary N) is 1. The van der Waals surface area contributed by atoms with E-state index in [1.807, 2.05) is 47.8 Å². The molecule has 1 N–H and O–H groups in total. The first-order valence-corrected chi connectivity index (χ1v) is 8.27. The van der Waals surface area contributed by atoms with Gasteiger partial charge in [-0.05, 0) is 17.0 Å². The predicted molar refractivity (Wildman–Crippen MR) is 87.9 cm³/mol. The number of morpholine rings is 1. The van der Waals surface area contributed by atoms with Crippen molar-refractivity contribution in [3.8, 4) is 0 Å². The number of hydrogen-bond donors (Lipinski definition) is 1. The average Bonchev–Trinajstić information content (AvgIpc) is 3.09. The third-order valence-corrected chi connectivity index (χ3v) is 4.78.